The van der Waals surface area contributed by atoms with E-state index in [-0.39, 0.29) is 24.1 Å². The van der Waals surface area contributed by atoms with Gasteiger partial charge in [0.1, 0.15) is 6.04 Å². The lowest BCUT2D eigenvalue weighted by atomic mass is 10.0. The zero-order chi connectivity index (χ0) is 25.9. The molecule has 1 aromatic heterocycles. The molecule has 0 spiro atoms. The second kappa shape index (κ2) is 10.5. The third kappa shape index (κ3) is 5.69. The number of primary amides is 1. The molecule has 0 radical (unpaired) electrons. The number of carbonyl (C=O) groups excluding carboxylic acids is 4. The monoisotopic (exact) mass is 517 g/mol. The highest BCUT2D eigenvalue weighted by atomic mass is 32.1. The van der Waals surface area contributed by atoms with Gasteiger partial charge in [0.25, 0.3) is 5.91 Å². The average Bonchev–Trinajstić information content (AvgIpc) is 3.36. The average molecular weight is 518 g/mol. The van der Waals surface area contributed by atoms with Crippen molar-refractivity contribution in [2.75, 3.05) is 11.9 Å². The molecule has 0 unspecified atom stereocenters. The fourth-order valence-electron chi connectivity index (χ4n) is 4.46. The van der Waals surface area contributed by atoms with Gasteiger partial charge in [-0.2, -0.15) is 0 Å². The highest BCUT2D eigenvalue weighted by Gasteiger charge is 2.34. The number of thiazole rings is 1. The van der Waals surface area contributed by atoms with E-state index in [9.17, 15) is 19.2 Å². The molecule has 2 aromatic carbocycles. The number of benzene rings is 2. The number of aromatic nitrogens is 1. The smallest absolute Gasteiger partial charge is 0.251 e. The zero-order valence-electron chi connectivity index (χ0n) is 20.1. The number of amides is 4. The Balaban J connectivity index is 1.21. The van der Waals surface area contributed by atoms with Crippen LogP contribution in [0.4, 0.5) is 5.13 Å². The topological polar surface area (TPSA) is 134 Å². The van der Waals surface area contributed by atoms with Crippen molar-refractivity contribution >= 4 is 40.1 Å². The quantitative estimate of drug-likeness (QED) is 0.422. The van der Waals surface area contributed by atoms with E-state index in [0.717, 1.165) is 18.4 Å². The fourth-order valence-corrected chi connectivity index (χ4v) is 5.18. The second-order valence-corrected chi connectivity index (χ2v) is 10.2. The highest BCUT2D eigenvalue weighted by molar-refractivity contribution is 7.14. The Morgan fingerprint density at radius 1 is 1.03 bits per heavy atom. The highest BCUT2D eigenvalue weighted by Crippen LogP contribution is 2.27. The molecule has 2 heterocycles. The molecule has 2 aliphatic rings. The summed E-state index contributed by atoms with van der Waals surface area (Å²) >= 11 is 1.30. The molecule has 4 amide bonds. The van der Waals surface area contributed by atoms with Gasteiger partial charge in [-0.15, -0.1) is 11.3 Å². The summed E-state index contributed by atoms with van der Waals surface area (Å²) in [5, 5.41) is 8.09. The van der Waals surface area contributed by atoms with Crippen LogP contribution in [-0.4, -0.2) is 52.1 Å². The zero-order valence-corrected chi connectivity index (χ0v) is 20.9. The van der Waals surface area contributed by atoms with Crippen molar-refractivity contribution in [1.29, 1.82) is 0 Å². The molecule has 1 atom stereocenters. The molecule has 10 heteroatoms. The first-order chi connectivity index (χ1) is 17.9. The molecule has 1 aliphatic heterocycles. The SMILES string of the molecule is NC(=O)c1ccccc1CC(=O)N1CCC[C@H]1C(=O)Nc1nc(-c2ccc(C(=O)NC3CC3)cc2)cs1. The fraction of sp³-hybridized carbons (Fsp3) is 0.296. The third-order valence-electron chi connectivity index (χ3n) is 6.59. The van der Waals surface area contributed by atoms with Gasteiger partial charge in [0.2, 0.25) is 17.7 Å². The third-order valence-corrected chi connectivity index (χ3v) is 7.35. The van der Waals surface area contributed by atoms with Crippen LogP contribution in [-0.2, 0) is 16.0 Å². The van der Waals surface area contributed by atoms with Crippen LogP contribution in [0, 0.1) is 0 Å². The van der Waals surface area contributed by atoms with E-state index in [0.29, 0.717) is 52.9 Å². The first-order valence-corrected chi connectivity index (χ1v) is 13.1. The normalized spacial score (nSPS) is 16.9. The lowest BCUT2D eigenvalue weighted by Gasteiger charge is -2.24. The maximum absolute atomic E-state index is 13.1. The molecule has 1 saturated heterocycles. The Morgan fingerprint density at radius 3 is 2.51 bits per heavy atom. The first-order valence-electron chi connectivity index (χ1n) is 12.2. The van der Waals surface area contributed by atoms with Crippen molar-refractivity contribution < 1.29 is 19.2 Å². The Bertz CT molecular complexity index is 1350. The van der Waals surface area contributed by atoms with Gasteiger partial charge in [-0.05, 0) is 49.4 Å². The van der Waals surface area contributed by atoms with Gasteiger partial charge in [-0.25, -0.2) is 4.98 Å². The second-order valence-electron chi connectivity index (χ2n) is 9.30. The summed E-state index contributed by atoms with van der Waals surface area (Å²) in [6.45, 7) is 0.472. The molecule has 5 rings (SSSR count). The van der Waals surface area contributed by atoms with Gasteiger partial charge in [0.15, 0.2) is 5.13 Å². The lowest BCUT2D eigenvalue weighted by Crippen LogP contribution is -2.44. The van der Waals surface area contributed by atoms with E-state index in [1.54, 1.807) is 41.3 Å². The number of rotatable bonds is 8. The predicted molar refractivity (Wildman–Crippen MR) is 140 cm³/mol. The summed E-state index contributed by atoms with van der Waals surface area (Å²) in [5.41, 5.74) is 8.42. The maximum Gasteiger partial charge on any atom is 0.251 e. The summed E-state index contributed by atoms with van der Waals surface area (Å²) in [6.07, 6.45) is 3.34. The van der Waals surface area contributed by atoms with Crippen LogP contribution in [0.3, 0.4) is 0 Å². The summed E-state index contributed by atoms with van der Waals surface area (Å²) < 4.78 is 0. The molecule has 0 bridgehead atoms. The molecule has 2 fully saturated rings. The lowest BCUT2D eigenvalue weighted by molar-refractivity contribution is -0.136. The number of anilines is 1. The summed E-state index contributed by atoms with van der Waals surface area (Å²) in [7, 11) is 0. The van der Waals surface area contributed by atoms with Gasteiger partial charge in [0.05, 0.1) is 12.1 Å². The van der Waals surface area contributed by atoms with Crippen LogP contribution in [0.1, 0.15) is 52.0 Å². The molecule has 4 N–H and O–H groups in total. The van der Waals surface area contributed by atoms with Crippen LogP contribution in [0.25, 0.3) is 11.3 Å². The number of nitrogens with two attached hydrogens (primary N) is 1. The van der Waals surface area contributed by atoms with Crippen molar-refractivity contribution in [1.82, 2.24) is 15.2 Å². The van der Waals surface area contributed by atoms with Crippen molar-refractivity contribution in [3.05, 3.63) is 70.6 Å². The van der Waals surface area contributed by atoms with Crippen LogP contribution in [0.15, 0.2) is 53.9 Å². The van der Waals surface area contributed by atoms with E-state index < -0.39 is 11.9 Å². The van der Waals surface area contributed by atoms with E-state index in [4.69, 9.17) is 5.73 Å². The number of likely N-dealkylation sites (tertiary alicyclic amines) is 1. The van der Waals surface area contributed by atoms with Crippen LogP contribution in [0.2, 0.25) is 0 Å². The van der Waals surface area contributed by atoms with Crippen LogP contribution in [0.5, 0.6) is 0 Å². The number of nitrogens with one attached hydrogen (secondary N) is 2. The van der Waals surface area contributed by atoms with Crippen molar-refractivity contribution in [3.8, 4) is 11.3 Å². The molecular weight excluding hydrogens is 490 g/mol. The largest absolute Gasteiger partial charge is 0.366 e. The van der Waals surface area contributed by atoms with Gasteiger partial charge in [-0.3, -0.25) is 19.2 Å². The molecule has 1 saturated carbocycles. The standard InChI is InChI=1S/C27H27N5O4S/c28-24(34)20-5-2-1-4-18(20)14-23(33)32-13-3-6-22(32)26(36)31-27-30-21(15-37-27)16-7-9-17(10-8-16)25(35)29-19-11-12-19/h1-2,4-5,7-10,15,19,22H,3,6,11-14H2,(H2,28,34)(H,29,35)(H,30,31,36)/t22-/m0/s1. The predicted octanol–water partition coefficient (Wildman–Crippen LogP) is 2.97. The number of hydrogen-bond donors (Lipinski definition) is 3. The molecule has 1 aliphatic carbocycles. The van der Waals surface area contributed by atoms with E-state index in [1.165, 1.54) is 11.3 Å². The van der Waals surface area contributed by atoms with E-state index >= 15 is 0 Å². The van der Waals surface area contributed by atoms with Crippen LogP contribution >= 0.6 is 11.3 Å². The van der Waals surface area contributed by atoms with Gasteiger partial charge in [-0.1, -0.05) is 30.3 Å². The first kappa shape index (κ1) is 24.6. The van der Waals surface area contributed by atoms with E-state index in [2.05, 4.69) is 15.6 Å². The minimum atomic E-state index is -0.607. The molecular formula is C27H27N5O4S. The van der Waals surface area contributed by atoms with Crippen molar-refractivity contribution in [3.63, 3.8) is 0 Å². The van der Waals surface area contributed by atoms with E-state index in [1.807, 2.05) is 17.5 Å². The number of hydrogen-bond acceptors (Lipinski definition) is 6. The number of carbonyl (C=O) groups is 4. The van der Waals surface area contributed by atoms with Crippen LogP contribution < -0.4 is 16.4 Å². The molecule has 190 valence electrons. The van der Waals surface area contributed by atoms with Crippen molar-refractivity contribution in [2.24, 2.45) is 5.73 Å². The minimum Gasteiger partial charge on any atom is -0.366 e. The van der Waals surface area contributed by atoms with Crippen molar-refractivity contribution in [2.45, 2.75) is 44.2 Å². The summed E-state index contributed by atoms with van der Waals surface area (Å²) in [5.74, 6) is -1.18. The number of nitrogens with zero attached hydrogens (tertiary/aromatic N) is 2. The maximum atomic E-state index is 13.1. The molecule has 9 nitrogen and oxygen atoms in total. The molecule has 37 heavy (non-hydrogen) atoms. The Labute approximate surface area is 218 Å². The van der Waals surface area contributed by atoms with Gasteiger partial charge in [0, 0.05) is 34.7 Å². The summed E-state index contributed by atoms with van der Waals surface area (Å²) in [4.78, 5) is 56.1. The Hall–Kier alpha value is -4.05. The van der Waals surface area contributed by atoms with Gasteiger partial charge < -0.3 is 21.3 Å². The summed E-state index contributed by atoms with van der Waals surface area (Å²) in [6, 6.07) is 13.6. The molecule has 3 aromatic rings. The minimum absolute atomic E-state index is 0.00102. The Morgan fingerprint density at radius 2 is 1.78 bits per heavy atom. The Kier molecular flexibility index (Phi) is 7.00. The van der Waals surface area contributed by atoms with Gasteiger partial charge >= 0.3 is 0 Å².